The second kappa shape index (κ2) is 9.32. The topological polar surface area (TPSA) is 107 Å². The number of carboxylic acid groups (broad SMARTS) is 1. The van der Waals surface area contributed by atoms with E-state index in [4.69, 9.17) is 10.5 Å². The largest absolute Gasteiger partial charge is 0.478 e. The van der Waals surface area contributed by atoms with Gasteiger partial charge in [-0.05, 0) is 73.9 Å². The number of ether oxygens (including phenoxy) is 1. The van der Waals surface area contributed by atoms with Gasteiger partial charge in [0.2, 0.25) is 9.84 Å². The van der Waals surface area contributed by atoms with Gasteiger partial charge in [-0.2, -0.15) is 0 Å². The van der Waals surface area contributed by atoms with Gasteiger partial charge in [-0.25, -0.2) is 13.2 Å². The first-order valence-corrected chi connectivity index (χ1v) is 11.4. The van der Waals surface area contributed by atoms with Gasteiger partial charge in [-0.3, -0.25) is 0 Å². The smallest absolute Gasteiger partial charge is 0.336 e. The lowest BCUT2D eigenvalue weighted by Gasteiger charge is -2.13. The Morgan fingerprint density at radius 2 is 1.58 bits per heavy atom. The van der Waals surface area contributed by atoms with E-state index in [2.05, 4.69) is 0 Å². The van der Waals surface area contributed by atoms with E-state index in [0.29, 0.717) is 29.9 Å². The molecule has 0 bridgehead atoms. The molecule has 0 aliphatic rings. The molecule has 6 nitrogen and oxygen atoms in total. The molecule has 0 fully saturated rings. The monoisotopic (exact) mass is 439 g/mol. The van der Waals surface area contributed by atoms with Crippen molar-refractivity contribution in [3.8, 4) is 11.5 Å². The third-order valence-electron chi connectivity index (χ3n) is 4.87. The van der Waals surface area contributed by atoms with Gasteiger partial charge in [0.1, 0.15) is 11.5 Å². The first-order valence-electron chi connectivity index (χ1n) is 9.95. The Kier molecular flexibility index (Phi) is 6.77. The van der Waals surface area contributed by atoms with Gasteiger partial charge in [0, 0.05) is 11.6 Å². The summed E-state index contributed by atoms with van der Waals surface area (Å²) in [5.41, 5.74) is 7.54. The summed E-state index contributed by atoms with van der Waals surface area (Å²) < 4.78 is 31.7. The molecule has 1 unspecified atom stereocenters. The summed E-state index contributed by atoms with van der Waals surface area (Å²) in [5.74, 6) is -0.165. The molecule has 0 saturated carbocycles. The van der Waals surface area contributed by atoms with Crippen LogP contribution in [0.25, 0.3) is 0 Å². The molecule has 0 heterocycles. The minimum absolute atomic E-state index is 0.000539. The maximum absolute atomic E-state index is 12.9. The molecule has 0 amide bonds. The lowest BCUT2D eigenvalue weighted by Crippen LogP contribution is -2.17. The van der Waals surface area contributed by atoms with Crippen LogP contribution in [0.3, 0.4) is 0 Å². The summed E-state index contributed by atoms with van der Waals surface area (Å²) in [7, 11) is -3.67. The highest BCUT2D eigenvalue weighted by molar-refractivity contribution is 7.91. The van der Waals surface area contributed by atoms with Crippen molar-refractivity contribution in [3.05, 3.63) is 83.4 Å². The van der Waals surface area contributed by atoms with Crippen LogP contribution in [-0.2, 0) is 22.7 Å². The second-order valence-corrected chi connectivity index (χ2v) is 9.29. The molecule has 1 atom stereocenters. The summed E-state index contributed by atoms with van der Waals surface area (Å²) in [4.78, 5) is 11.8. The predicted molar refractivity (Wildman–Crippen MR) is 119 cm³/mol. The van der Waals surface area contributed by atoms with Crippen molar-refractivity contribution in [3.63, 3.8) is 0 Å². The number of sulfone groups is 1. The Balaban J connectivity index is 1.83. The molecule has 0 aliphatic carbocycles. The van der Waals surface area contributed by atoms with Crippen LogP contribution in [0.4, 0.5) is 0 Å². The number of hydrogen-bond donors (Lipinski definition) is 2. The Morgan fingerprint density at radius 3 is 2.10 bits per heavy atom. The van der Waals surface area contributed by atoms with E-state index in [1.807, 2.05) is 13.8 Å². The summed E-state index contributed by atoms with van der Waals surface area (Å²) in [5, 5.41) is 9.35. The van der Waals surface area contributed by atoms with E-state index in [9.17, 15) is 18.3 Å². The van der Waals surface area contributed by atoms with Gasteiger partial charge in [0.25, 0.3) is 0 Å². The van der Waals surface area contributed by atoms with E-state index < -0.39 is 15.8 Å². The van der Waals surface area contributed by atoms with Crippen molar-refractivity contribution in [2.45, 2.75) is 42.5 Å². The lowest BCUT2D eigenvalue weighted by atomic mass is 10.0. The highest BCUT2D eigenvalue weighted by Crippen LogP contribution is 2.30. The summed E-state index contributed by atoms with van der Waals surface area (Å²) in [6.07, 6.45) is 1.17. The third kappa shape index (κ3) is 5.13. The van der Waals surface area contributed by atoms with E-state index in [-0.39, 0.29) is 21.4 Å². The fourth-order valence-corrected chi connectivity index (χ4v) is 4.61. The van der Waals surface area contributed by atoms with Crippen molar-refractivity contribution >= 4 is 15.8 Å². The van der Waals surface area contributed by atoms with Crippen molar-refractivity contribution < 1.29 is 23.1 Å². The highest BCUT2D eigenvalue weighted by atomic mass is 32.2. The Hall–Kier alpha value is -3.16. The van der Waals surface area contributed by atoms with E-state index in [1.165, 1.54) is 18.2 Å². The number of carbonyl (C=O) groups is 1. The van der Waals surface area contributed by atoms with Crippen molar-refractivity contribution in [2.75, 3.05) is 0 Å². The fraction of sp³-hybridized carbons (Fsp3) is 0.208. The normalized spacial score (nSPS) is 12.4. The molecular weight excluding hydrogens is 414 g/mol. The van der Waals surface area contributed by atoms with Crippen LogP contribution in [0.5, 0.6) is 11.5 Å². The average Bonchev–Trinajstić information content (AvgIpc) is 2.74. The quantitative estimate of drug-likeness (QED) is 0.537. The molecule has 3 aromatic rings. The molecular formula is C24H25NO5S. The summed E-state index contributed by atoms with van der Waals surface area (Å²) in [6, 6.07) is 17.6. The average molecular weight is 440 g/mol. The van der Waals surface area contributed by atoms with E-state index >= 15 is 0 Å². The molecule has 0 aromatic heterocycles. The van der Waals surface area contributed by atoms with Crippen molar-refractivity contribution in [1.29, 1.82) is 0 Å². The standard InChI is InChI=1S/C24H25NO5S/c1-3-21-22(24(26)27)5-4-6-23(21)30-18-9-13-20(14-10-18)31(28,29)19-11-7-17(8-12-19)15-16(2)25/h4-14,16H,3,15,25H2,1-2H3,(H,26,27). The van der Waals surface area contributed by atoms with Crippen molar-refractivity contribution in [1.82, 2.24) is 0 Å². The molecule has 3 aromatic carbocycles. The molecule has 0 saturated heterocycles. The first kappa shape index (κ1) is 22.5. The van der Waals surface area contributed by atoms with Crippen LogP contribution < -0.4 is 10.5 Å². The Labute approximate surface area is 182 Å². The summed E-state index contributed by atoms with van der Waals surface area (Å²) in [6.45, 7) is 3.75. The first-order chi connectivity index (χ1) is 14.7. The number of aromatic carboxylic acids is 1. The molecule has 7 heteroatoms. The van der Waals surface area contributed by atoms with Gasteiger partial charge in [-0.15, -0.1) is 0 Å². The number of rotatable bonds is 8. The summed E-state index contributed by atoms with van der Waals surface area (Å²) >= 11 is 0. The minimum atomic E-state index is -3.67. The zero-order valence-corrected chi connectivity index (χ0v) is 18.2. The van der Waals surface area contributed by atoms with Gasteiger partial charge in [0.05, 0.1) is 15.4 Å². The fourth-order valence-electron chi connectivity index (χ4n) is 3.35. The molecule has 0 radical (unpaired) electrons. The van der Waals surface area contributed by atoms with Crippen LogP contribution in [0.2, 0.25) is 0 Å². The molecule has 3 rings (SSSR count). The predicted octanol–water partition coefficient (Wildman–Crippen LogP) is 4.46. The zero-order chi connectivity index (χ0) is 22.6. The lowest BCUT2D eigenvalue weighted by molar-refractivity contribution is 0.0695. The van der Waals surface area contributed by atoms with Crippen molar-refractivity contribution in [2.24, 2.45) is 5.73 Å². The number of carboxylic acids is 1. The molecule has 162 valence electrons. The Morgan fingerprint density at radius 1 is 1.00 bits per heavy atom. The molecule has 0 spiro atoms. The SMILES string of the molecule is CCc1c(Oc2ccc(S(=O)(=O)c3ccc(CC(C)N)cc3)cc2)cccc1C(=O)O. The number of benzene rings is 3. The molecule has 31 heavy (non-hydrogen) atoms. The van der Waals surface area contributed by atoms with Crippen LogP contribution in [-0.4, -0.2) is 25.5 Å². The third-order valence-corrected chi connectivity index (χ3v) is 6.66. The van der Waals surface area contributed by atoms with Gasteiger partial charge >= 0.3 is 5.97 Å². The van der Waals surface area contributed by atoms with Gasteiger partial charge in [0.15, 0.2) is 0 Å². The van der Waals surface area contributed by atoms with Crippen LogP contribution in [0.15, 0.2) is 76.5 Å². The van der Waals surface area contributed by atoms with E-state index in [0.717, 1.165) is 5.56 Å². The maximum Gasteiger partial charge on any atom is 0.336 e. The number of hydrogen-bond acceptors (Lipinski definition) is 5. The zero-order valence-electron chi connectivity index (χ0n) is 17.4. The molecule has 3 N–H and O–H groups in total. The van der Waals surface area contributed by atoms with Crippen LogP contribution >= 0.6 is 0 Å². The van der Waals surface area contributed by atoms with Gasteiger partial charge < -0.3 is 15.6 Å². The maximum atomic E-state index is 12.9. The van der Waals surface area contributed by atoms with Crippen LogP contribution in [0.1, 0.15) is 35.3 Å². The Bertz CT molecular complexity index is 1170. The van der Waals surface area contributed by atoms with Gasteiger partial charge in [-0.1, -0.05) is 25.1 Å². The van der Waals surface area contributed by atoms with Crippen LogP contribution in [0, 0.1) is 0 Å². The number of nitrogens with two attached hydrogens (primary N) is 1. The minimum Gasteiger partial charge on any atom is -0.478 e. The highest BCUT2D eigenvalue weighted by Gasteiger charge is 2.18. The molecule has 0 aliphatic heterocycles. The van der Waals surface area contributed by atoms with E-state index in [1.54, 1.807) is 48.5 Å². The second-order valence-electron chi connectivity index (χ2n) is 7.34.